The summed E-state index contributed by atoms with van der Waals surface area (Å²) in [5.41, 5.74) is 1.07. The zero-order valence-electron chi connectivity index (χ0n) is 26.3. The zero-order valence-corrected chi connectivity index (χ0v) is 27.2. The van der Waals surface area contributed by atoms with E-state index in [1.165, 1.54) is 18.5 Å². The maximum absolute atomic E-state index is 14.2. The second-order valence-corrected chi connectivity index (χ2v) is 14.0. The van der Waals surface area contributed by atoms with Crippen LogP contribution in [-0.4, -0.2) is 92.0 Å². The number of likely N-dealkylation sites (N-methyl/N-ethyl adjacent to an activating group) is 1. The number of ether oxygens (including phenoxy) is 1. The molecule has 1 amide bonds. The number of methoxy groups -OCH3 is 1. The molecule has 2 heterocycles. The molecule has 1 saturated heterocycles. The van der Waals surface area contributed by atoms with E-state index in [0.717, 1.165) is 56.1 Å². The number of fused-ring (bicyclic) bond motifs is 1. The van der Waals surface area contributed by atoms with Gasteiger partial charge < -0.3 is 19.9 Å². The Kier molecular flexibility index (Phi) is 9.89. The minimum Gasteiger partial charge on any atom is -0.495 e. The fourth-order valence-corrected chi connectivity index (χ4v) is 7.03. The molecule has 248 valence electrons. The van der Waals surface area contributed by atoms with Crippen molar-refractivity contribution in [1.82, 2.24) is 24.1 Å². The average Bonchev–Trinajstić information content (AvgIpc) is 3.66. The summed E-state index contributed by atoms with van der Waals surface area (Å²) in [6.07, 6.45) is -0.374. The molecule has 1 N–H and O–H groups in total. The number of amides is 1. The van der Waals surface area contributed by atoms with Crippen molar-refractivity contribution in [2.75, 3.05) is 59.0 Å². The smallest absolute Gasteiger partial charge is 0.419 e. The zero-order chi connectivity index (χ0) is 33.2. The number of sulfonamides is 1. The van der Waals surface area contributed by atoms with Gasteiger partial charge in [-0.05, 0) is 74.0 Å². The van der Waals surface area contributed by atoms with Gasteiger partial charge in [-0.2, -0.15) is 17.5 Å². The number of alkyl halides is 3. The molecule has 5 rings (SSSR count). The van der Waals surface area contributed by atoms with Crippen LogP contribution in [0.2, 0.25) is 0 Å². The molecule has 3 aromatic rings. The normalized spacial score (nSPS) is 18.5. The van der Waals surface area contributed by atoms with E-state index >= 15 is 0 Å². The molecule has 0 radical (unpaired) electrons. The van der Waals surface area contributed by atoms with Crippen LogP contribution in [0, 0.1) is 5.92 Å². The van der Waals surface area contributed by atoms with Crippen molar-refractivity contribution in [2.45, 2.75) is 37.9 Å². The minimum absolute atomic E-state index is 0.114. The fourth-order valence-electron chi connectivity index (χ4n) is 6.34. The second-order valence-electron chi connectivity index (χ2n) is 12.0. The number of benzene rings is 2. The van der Waals surface area contributed by atoms with Crippen LogP contribution in [0.15, 0.2) is 48.7 Å². The molecule has 1 aliphatic heterocycles. The lowest BCUT2D eigenvalue weighted by Crippen LogP contribution is -2.35. The Morgan fingerprint density at radius 3 is 2.52 bits per heavy atom. The van der Waals surface area contributed by atoms with E-state index in [-0.39, 0.29) is 24.0 Å². The third-order valence-electron chi connectivity index (χ3n) is 8.84. The Hall–Kier alpha value is -3.75. The molecule has 0 unspecified atom stereocenters. The Bertz CT molecular complexity index is 1680. The quantitative estimate of drug-likeness (QED) is 0.314. The highest BCUT2D eigenvalue weighted by atomic mass is 32.2. The second kappa shape index (κ2) is 13.5. The first-order valence-corrected chi connectivity index (χ1v) is 17.0. The lowest BCUT2D eigenvalue weighted by Gasteiger charge is -2.29. The van der Waals surface area contributed by atoms with Crippen LogP contribution in [0.25, 0.3) is 0 Å². The molecule has 0 spiro atoms. The van der Waals surface area contributed by atoms with Crippen LogP contribution in [0.5, 0.6) is 5.75 Å². The van der Waals surface area contributed by atoms with E-state index in [4.69, 9.17) is 4.74 Å². The largest absolute Gasteiger partial charge is 0.495 e. The monoisotopic (exact) mass is 660 g/mol. The highest BCUT2D eigenvalue weighted by molar-refractivity contribution is 7.88. The molecule has 2 aliphatic rings. The number of aromatic nitrogens is 2. The first-order chi connectivity index (χ1) is 21.8. The summed E-state index contributed by atoms with van der Waals surface area (Å²) in [7, 11) is 0.962. The summed E-state index contributed by atoms with van der Waals surface area (Å²) in [4.78, 5) is 25.5. The van der Waals surface area contributed by atoms with Crippen molar-refractivity contribution < 1.29 is 31.1 Å². The van der Waals surface area contributed by atoms with Crippen molar-refractivity contribution in [3.63, 3.8) is 0 Å². The summed E-state index contributed by atoms with van der Waals surface area (Å²) in [6, 6.07) is 11.4. The molecule has 0 saturated carbocycles. The molecular formula is C32H39F3N6O4S. The van der Waals surface area contributed by atoms with Gasteiger partial charge in [-0.25, -0.2) is 18.4 Å². The van der Waals surface area contributed by atoms with Gasteiger partial charge >= 0.3 is 6.18 Å². The van der Waals surface area contributed by atoms with Gasteiger partial charge in [-0.3, -0.25) is 4.79 Å². The lowest BCUT2D eigenvalue weighted by molar-refractivity contribution is -0.138. The number of nitrogens with zero attached hydrogens (tertiary/aromatic N) is 5. The molecule has 2 aromatic carbocycles. The van der Waals surface area contributed by atoms with Gasteiger partial charge in [-0.1, -0.05) is 24.3 Å². The maximum atomic E-state index is 14.2. The van der Waals surface area contributed by atoms with Crippen LogP contribution in [0.4, 0.5) is 24.8 Å². The summed E-state index contributed by atoms with van der Waals surface area (Å²) >= 11 is 0. The van der Waals surface area contributed by atoms with E-state index in [0.29, 0.717) is 30.0 Å². The van der Waals surface area contributed by atoms with Crippen molar-refractivity contribution in [1.29, 1.82) is 0 Å². The van der Waals surface area contributed by atoms with Crippen LogP contribution in [-0.2, 0) is 29.0 Å². The number of carbonyl (C=O) groups excluding carboxylic acids is 1. The molecule has 1 aliphatic carbocycles. The third-order valence-corrected chi connectivity index (χ3v) is 10.1. The van der Waals surface area contributed by atoms with Crippen LogP contribution < -0.4 is 10.1 Å². The van der Waals surface area contributed by atoms with Crippen molar-refractivity contribution in [2.24, 2.45) is 5.92 Å². The average molecular weight is 661 g/mol. The first kappa shape index (κ1) is 33.6. The Labute approximate surface area is 267 Å². The van der Waals surface area contributed by atoms with Crippen LogP contribution in [0.1, 0.15) is 51.6 Å². The highest BCUT2D eigenvalue weighted by Crippen LogP contribution is 2.43. The molecule has 46 heavy (non-hydrogen) atoms. The van der Waals surface area contributed by atoms with E-state index in [1.807, 2.05) is 18.2 Å². The van der Waals surface area contributed by atoms with Gasteiger partial charge in [0.1, 0.15) is 5.75 Å². The third kappa shape index (κ3) is 7.45. The van der Waals surface area contributed by atoms with Gasteiger partial charge in [0.05, 0.1) is 36.4 Å². The predicted octanol–water partition coefficient (Wildman–Crippen LogP) is 4.76. The van der Waals surface area contributed by atoms with Crippen molar-refractivity contribution >= 4 is 27.6 Å². The molecule has 10 nitrogen and oxygen atoms in total. The van der Waals surface area contributed by atoms with E-state index < -0.39 is 33.7 Å². The number of likely N-dealkylation sites (tertiary alicyclic amines) is 1. The summed E-state index contributed by atoms with van der Waals surface area (Å²) in [6.45, 7) is 3.38. The van der Waals surface area contributed by atoms with Gasteiger partial charge in [0, 0.05) is 38.9 Å². The maximum Gasteiger partial charge on any atom is 0.419 e. The molecular weight excluding hydrogens is 621 g/mol. The number of hydrogen-bond donors (Lipinski definition) is 1. The number of hydrogen-bond acceptors (Lipinski definition) is 8. The van der Waals surface area contributed by atoms with Gasteiger partial charge in [0.15, 0.2) is 0 Å². The SMILES string of the molecule is COc1ccc(C(=O)N(C)CCN2CCCC2)cc1Nc1ncc(C(F)(F)F)c(C[C@@H]2Cc3ccccc3[C@H]2N(C)S(C)(=O)=O)n1. The number of nitrogens with one attached hydrogen (secondary N) is 1. The summed E-state index contributed by atoms with van der Waals surface area (Å²) in [5.74, 6) is -0.479. The van der Waals surface area contributed by atoms with Gasteiger partial charge in [0.25, 0.3) is 5.91 Å². The standard InChI is InChI=1S/C32H39F3N6O4S/c1-39(15-16-41-13-7-8-14-41)30(42)22-11-12-28(45-3)27(18-22)38-31-36-20-25(32(33,34)35)26(37-31)19-23-17-21-9-5-6-10-24(21)29(23)40(2)46(4,43)44/h5-6,9-12,18,20,23,29H,7-8,13-17,19H2,1-4H3,(H,36,37,38)/t23-,29-/m0/s1. The molecule has 2 atom stereocenters. The Balaban J connectivity index is 1.42. The molecule has 0 bridgehead atoms. The lowest BCUT2D eigenvalue weighted by atomic mass is 9.93. The summed E-state index contributed by atoms with van der Waals surface area (Å²) in [5, 5.41) is 2.95. The van der Waals surface area contributed by atoms with Crippen LogP contribution >= 0.6 is 0 Å². The Morgan fingerprint density at radius 2 is 1.85 bits per heavy atom. The molecule has 1 aromatic heterocycles. The number of anilines is 2. The number of carbonyl (C=O) groups is 1. The highest BCUT2D eigenvalue weighted by Gasteiger charge is 2.41. The van der Waals surface area contributed by atoms with Gasteiger partial charge in [-0.15, -0.1) is 0 Å². The van der Waals surface area contributed by atoms with Crippen molar-refractivity contribution in [3.05, 3.63) is 76.6 Å². The van der Waals surface area contributed by atoms with E-state index in [9.17, 15) is 26.4 Å². The number of halogens is 3. The van der Waals surface area contributed by atoms with Crippen molar-refractivity contribution in [3.8, 4) is 5.75 Å². The molecule has 1 fully saturated rings. The number of rotatable bonds is 11. The van der Waals surface area contributed by atoms with Gasteiger partial charge in [0.2, 0.25) is 16.0 Å². The Morgan fingerprint density at radius 1 is 1.13 bits per heavy atom. The van der Waals surface area contributed by atoms with E-state index in [2.05, 4.69) is 20.2 Å². The van der Waals surface area contributed by atoms with E-state index in [1.54, 1.807) is 36.2 Å². The first-order valence-electron chi connectivity index (χ1n) is 15.1. The van der Waals surface area contributed by atoms with Crippen LogP contribution in [0.3, 0.4) is 0 Å². The molecule has 14 heteroatoms. The predicted molar refractivity (Wildman–Crippen MR) is 169 cm³/mol. The topological polar surface area (TPSA) is 108 Å². The minimum atomic E-state index is -4.73. The summed E-state index contributed by atoms with van der Waals surface area (Å²) < 4.78 is 74.4. The fraction of sp³-hybridized carbons (Fsp3) is 0.469.